The molecule has 3 aromatic rings. The summed E-state index contributed by atoms with van der Waals surface area (Å²) in [7, 11) is 0. The monoisotopic (exact) mass is 546 g/mol. The second-order valence-corrected chi connectivity index (χ2v) is 9.16. The number of halogens is 2. The minimum absolute atomic E-state index is 0.0788. The number of imide groups is 1. The number of amides is 2. The minimum atomic E-state index is -0.620. The molecule has 0 bridgehead atoms. The van der Waals surface area contributed by atoms with Gasteiger partial charge in [0.15, 0.2) is 5.78 Å². The number of Topliss-reactive ketones (excluding diaryl/α,β-unsaturated/α-hetero) is 1. The minimum Gasteiger partial charge on any atom is -0.456 e. The SMILES string of the molecule is O=C(CN1C(=O)S/C(=C/c2ccc(-c3ccc(Cl)cc3[N+](=O)[O-])o2)C1=O)c1ccc(Br)cc1. The van der Waals surface area contributed by atoms with E-state index in [-0.39, 0.29) is 45.0 Å². The number of carbonyl (C=O) groups excluding carboxylic acids is 3. The fraction of sp³-hybridized carbons (Fsp3) is 0.0455. The van der Waals surface area contributed by atoms with Crippen molar-refractivity contribution >= 4 is 68.0 Å². The van der Waals surface area contributed by atoms with E-state index in [0.717, 1.165) is 9.37 Å². The summed E-state index contributed by atoms with van der Waals surface area (Å²) in [5.41, 5.74) is 0.369. The fourth-order valence-electron chi connectivity index (χ4n) is 3.08. The van der Waals surface area contributed by atoms with Gasteiger partial charge in [-0.15, -0.1) is 0 Å². The number of thioether (sulfide) groups is 1. The van der Waals surface area contributed by atoms with Crippen molar-refractivity contribution in [2.75, 3.05) is 6.54 Å². The van der Waals surface area contributed by atoms with E-state index in [9.17, 15) is 24.5 Å². The molecule has 1 aromatic heterocycles. The molecule has 0 saturated carbocycles. The lowest BCUT2D eigenvalue weighted by molar-refractivity contribution is -0.384. The van der Waals surface area contributed by atoms with Crippen LogP contribution in [0.3, 0.4) is 0 Å². The van der Waals surface area contributed by atoms with E-state index in [2.05, 4.69) is 15.9 Å². The molecule has 11 heteroatoms. The summed E-state index contributed by atoms with van der Waals surface area (Å²) in [6.45, 7) is -0.385. The maximum Gasteiger partial charge on any atom is 0.293 e. The summed E-state index contributed by atoms with van der Waals surface area (Å²) in [6, 6.07) is 13.8. The van der Waals surface area contributed by atoms with E-state index in [1.54, 1.807) is 24.3 Å². The molecule has 2 heterocycles. The van der Waals surface area contributed by atoms with E-state index < -0.39 is 16.1 Å². The van der Waals surface area contributed by atoms with Crippen molar-refractivity contribution in [1.29, 1.82) is 0 Å². The smallest absolute Gasteiger partial charge is 0.293 e. The quantitative estimate of drug-likeness (QED) is 0.157. The molecule has 2 aromatic carbocycles. The van der Waals surface area contributed by atoms with Crippen LogP contribution in [0.4, 0.5) is 10.5 Å². The van der Waals surface area contributed by atoms with Gasteiger partial charge in [0.1, 0.15) is 11.5 Å². The van der Waals surface area contributed by atoms with Gasteiger partial charge < -0.3 is 4.42 Å². The average molecular weight is 548 g/mol. The van der Waals surface area contributed by atoms with Crippen LogP contribution in [-0.2, 0) is 4.79 Å². The zero-order chi connectivity index (χ0) is 23.7. The number of furan rings is 1. The topological polar surface area (TPSA) is 111 Å². The first-order chi connectivity index (χ1) is 15.7. The number of rotatable bonds is 6. The molecule has 1 fully saturated rings. The highest BCUT2D eigenvalue weighted by Crippen LogP contribution is 2.36. The van der Waals surface area contributed by atoms with Crippen LogP contribution in [0.15, 0.2) is 68.4 Å². The molecule has 1 aliphatic rings. The fourth-order valence-corrected chi connectivity index (χ4v) is 4.32. The average Bonchev–Trinajstić information content (AvgIpc) is 3.34. The van der Waals surface area contributed by atoms with Crippen molar-refractivity contribution < 1.29 is 23.7 Å². The Kier molecular flexibility index (Phi) is 6.50. The Morgan fingerprint density at radius 3 is 2.58 bits per heavy atom. The molecule has 8 nitrogen and oxygen atoms in total. The molecule has 1 saturated heterocycles. The standard InChI is InChI=1S/C22H12BrClN2O6S/c23-13-3-1-12(2-4-13)18(27)11-25-21(28)20(33-22(25)29)10-15-6-8-19(32-15)16-7-5-14(24)9-17(16)26(30)31/h1-10H,11H2/b20-10+. The summed E-state index contributed by atoms with van der Waals surface area (Å²) >= 11 is 9.81. The van der Waals surface area contributed by atoms with Gasteiger partial charge in [-0.25, -0.2) is 0 Å². The highest BCUT2D eigenvalue weighted by molar-refractivity contribution is 9.10. The molecular formula is C22H12BrClN2O6S. The number of nitro groups is 1. The van der Waals surface area contributed by atoms with Crippen molar-refractivity contribution in [2.45, 2.75) is 0 Å². The lowest BCUT2D eigenvalue weighted by Gasteiger charge is -2.11. The summed E-state index contributed by atoms with van der Waals surface area (Å²) in [5.74, 6) is -0.569. The molecule has 33 heavy (non-hydrogen) atoms. The summed E-state index contributed by atoms with van der Waals surface area (Å²) < 4.78 is 6.45. The third-order valence-electron chi connectivity index (χ3n) is 4.66. The number of benzene rings is 2. The lowest BCUT2D eigenvalue weighted by Crippen LogP contribution is -2.33. The molecule has 2 amide bonds. The van der Waals surface area contributed by atoms with Crippen molar-refractivity contribution in [3.63, 3.8) is 0 Å². The maximum absolute atomic E-state index is 12.7. The number of nitrogens with zero attached hydrogens (tertiary/aromatic N) is 2. The molecule has 0 radical (unpaired) electrons. The molecule has 0 atom stereocenters. The van der Waals surface area contributed by atoms with Crippen LogP contribution in [0, 0.1) is 10.1 Å². The van der Waals surface area contributed by atoms with Crippen LogP contribution in [0.5, 0.6) is 0 Å². The number of nitro benzene ring substituents is 1. The van der Waals surface area contributed by atoms with Gasteiger partial charge >= 0.3 is 0 Å². The molecule has 0 aliphatic carbocycles. The molecule has 0 N–H and O–H groups in total. The second-order valence-electron chi connectivity index (χ2n) is 6.82. The summed E-state index contributed by atoms with van der Waals surface area (Å²) in [6.07, 6.45) is 1.36. The van der Waals surface area contributed by atoms with Crippen molar-refractivity contribution in [3.05, 3.63) is 90.4 Å². The molecular weight excluding hydrogens is 536 g/mol. The van der Waals surface area contributed by atoms with Gasteiger partial charge in [-0.1, -0.05) is 39.7 Å². The first-order valence-corrected chi connectivity index (χ1v) is 11.3. The van der Waals surface area contributed by atoms with Crippen molar-refractivity contribution in [1.82, 2.24) is 4.90 Å². The lowest BCUT2D eigenvalue weighted by atomic mass is 10.1. The van der Waals surface area contributed by atoms with Crippen molar-refractivity contribution in [3.8, 4) is 11.3 Å². The Hall–Kier alpha value is -3.21. The zero-order valence-corrected chi connectivity index (χ0v) is 19.6. The molecule has 0 unspecified atom stereocenters. The largest absolute Gasteiger partial charge is 0.456 e. The van der Waals surface area contributed by atoms with Crippen LogP contribution in [0.1, 0.15) is 16.1 Å². The predicted molar refractivity (Wildman–Crippen MR) is 127 cm³/mol. The van der Waals surface area contributed by atoms with E-state index in [1.165, 1.54) is 36.4 Å². The van der Waals surface area contributed by atoms with Gasteiger partial charge in [0.05, 0.1) is 21.9 Å². The molecule has 1 aliphatic heterocycles. The number of hydrogen-bond donors (Lipinski definition) is 0. The van der Waals surface area contributed by atoms with Gasteiger partial charge in [0, 0.05) is 27.2 Å². The number of ketones is 1. The van der Waals surface area contributed by atoms with Crippen LogP contribution >= 0.6 is 39.3 Å². The third kappa shape index (κ3) is 4.92. The van der Waals surface area contributed by atoms with Crippen LogP contribution in [0.2, 0.25) is 5.02 Å². The summed E-state index contributed by atoms with van der Waals surface area (Å²) in [5, 5.41) is 11.0. The van der Waals surface area contributed by atoms with Gasteiger partial charge in [0.25, 0.3) is 16.8 Å². The zero-order valence-electron chi connectivity index (χ0n) is 16.5. The Balaban J connectivity index is 1.54. The van der Waals surface area contributed by atoms with Crippen molar-refractivity contribution in [2.24, 2.45) is 0 Å². The van der Waals surface area contributed by atoms with Crippen LogP contribution in [-0.4, -0.2) is 33.3 Å². The Morgan fingerprint density at radius 2 is 1.88 bits per heavy atom. The second kappa shape index (κ2) is 9.34. The molecule has 4 rings (SSSR count). The first-order valence-electron chi connectivity index (χ1n) is 9.31. The van der Waals surface area contributed by atoms with Crippen LogP contribution < -0.4 is 0 Å². The van der Waals surface area contributed by atoms with Gasteiger partial charge in [-0.05, 0) is 48.2 Å². The third-order valence-corrected chi connectivity index (χ3v) is 6.33. The first kappa shape index (κ1) is 23.0. The van der Waals surface area contributed by atoms with Gasteiger partial charge in [0.2, 0.25) is 0 Å². The van der Waals surface area contributed by atoms with E-state index >= 15 is 0 Å². The van der Waals surface area contributed by atoms with E-state index in [4.69, 9.17) is 16.0 Å². The number of carbonyl (C=O) groups is 3. The van der Waals surface area contributed by atoms with E-state index in [0.29, 0.717) is 17.3 Å². The highest BCUT2D eigenvalue weighted by atomic mass is 79.9. The van der Waals surface area contributed by atoms with Gasteiger partial charge in [-0.2, -0.15) is 0 Å². The predicted octanol–water partition coefficient (Wildman–Crippen LogP) is 6.19. The van der Waals surface area contributed by atoms with Gasteiger partial charge in [-0.3, -0.25) is 29.4 Å². The maximum atomic E-state index is 12.7. The Bertz CT molecular complexity index is 1330. The Labute approximate surface area is 204 Å². The van der Waals surface area contributed by atoms with E-state index in [1.807, 2.05) is 0 Å². The Morgan fingerprint density at radius 1 is 1.15 bits per heavy atom. The molecule has 0 spiro atoms. The normalized spacial score (nSPS) is 14.8. The highest BCUT2D eigenvalue weighted by Gasteiger charge is 2.36. The number of hydrogen-bond acceptors (Lipinski definition) is 7. The van der Waals surface area contributed by atoms with Crippen LogP contribution in [0.25, 0.3) is 17.4 Å². The molecule has 166 valence electrons. The summed E-state index contributed by atoms with van der Waals surface area (Å²) in [4.78, 5) is 49.2.